The van der Waals surface area contributed by atoms with Gasteiger partial charge < -0.3 is 14.2 Å². The molecule has 0 aromatic rings. The quantitative estimate of drug-likeness (QED) is 0.161. The summed E-state index contributed by atoms with van der Waals surface area (Å²) in [6, 6.07) is 0. The summed E-state index contributed by atoms with van der Waals surface area (Å²) in [5.41, 5.74) is 1.44. The molecule has 1 saturated heterocycles. The molecule has 5 heteroatoms. The van der Waals surface area contributed by atoms with Gasteiger partial charge in [-0.05, 0) is 69.6 Å². The van der Waals surface area contributed by atoms with Crippen LogP contribution in [0, 0.1) is 17.8 Å². The molecule has 5 nitrogen and oxygen atoms in total. The van der Waals surface area contributed by atoms with Gasteiger partial charge in [0.2, 0.25) is 5.78 Å². The van der Waals surface area contributed by atoms with Gasteiger partial charge >= 0.3 is 5.97 Å². The van der Waals surface area contributed by atoms with Crippen LogP contribution in [0.4, 0.5) is 0 Å². The smallest absolute Gasteiger partial charge is 0.374 e. The number of ketones is 1. The first kappa shape index (κ1) is 25.2. The van der Waals surface area contributed by atoms with Gasteiger partial charge in [0.1, 0.15) is 0 Å². The minimum Gasteiger partial charge on any atom is -0.463 e. The van der Waals surface area contributed by atoms with E-state index in [1.807, 2.05) is 0 Å². The fourth-order valence-corrected chi connectivity index (χ4v) is 5.64. The third kappa shape index (κ3) is 7.28. The minimum atomic E-state index is -0.735. The lowest BCUT2D eigenvalue weighted by atomic mass is 9.90. The van der Waals surface area contributed by atoms with Gasteiger partial charge in [0.25, 0.3) is 0 Å². The van der Waals surface area contributed by atoms with Gasteiger partial charge in [0, 0.05) is 18.9 Å². The van der Waals surface area contributed by atoms with Crippen LogP contribution in [0.15, 0.2) is 23.8 Å². The van der Waals surface area contributed by atoms with Gasteiger partial charge in [-0.15, -0.1) is 0 Å². The summed E-state index contributed by atoms with van der Waals surface area (Å²) in [7, 11) is 1.26. The lowest BCUT2D eigenvalue weighted by Crippen LogP contribution is -2.30. The molecule has 3 fully saturated rings. The molecule has 1 aliphatic heterocycles. The molecule has 32 heavy (non-hydrogen) atoms. The summed E-state index contributed by atoms with van der Waals surface area (Å²) in [5.74, 6) is 0.520. The fourth-order valence-electron chi connectivity index (χ4n) is 5.64. The van der Waals surface area contributed by atoms with Gasteiger partial charge in [-0.2, -0.15) is 0 Å². The van der Waals surface area contributed by atoms with Gasteiger partial charge in [0.05, 0.1) is 13.2 Å². The second kappa shape index (κ2) is 13.3. The van der Waals surface area contributed by atoms with Crippen molar-refractivity contribution in [2.45, 2.75) is 103 Å². The second-order valence-electron chi connectivity index (χ2n) is 9.71. The van der Waals surface area contributed by atoms with Crippen LogP contribution >= 0.6 is 0 Å². The highest BCUT2D eigenvalue weighted by atomic mass is 16.7. The highest BCUT2D eigenvalue weighted by molar-refractivity contribution is 6.33. The molecule has 0 spiro atoms. The average Bonchev–Trinajstić information content (AvgIpc) is 3.33. The van der Waals surface area contributed by atoms with Gasteiger partial charge in [0.15, 0.2) is 6.29 Å². The summed E-state index contributed by atoms with van der Waals surface area (Å²) in [6.07, 6.45) is 21.0. The summed E-state index contributed by atoms with van der Waals surface area (Å²) in [4.78, 5) is 23.0. The number of esters is 1. The van der Waals surface area contributed by atoms with Crippen LogP contribution in [-0.2, 0) is 23.8 Å². The molecule has 5 atom stereocenters. The van der Waals surface area contributed by atoms with Crippen molar-refractivity contribution in [2.24, 2.45) is 17.8 Å². The highest BCUT2D eigenvalue weighted by Gasteiger charge is 2.47. The molecule has 0 aromatic carbocycles. The summed E-state index contributed by atoms with van der Waals surface area (Å²) in [5, 5.41) is 0. The van der Waals surface area contributed by atoms with Gasteiger partial charge in [-0.25, -0.2) is 4.79 Å². The van der Waals surface area contributed by atoms with Crippen molar-refractivity contribution >= 4 is 11.8 Å². The van der Waals surface area contributed by atoms with E-state index >= 15 is 0 Å². The van der Waals surface area contributed by atoms with E-state index in [0.29, 0.717) is 24.2 Å². The Kier molecular flexibility index (Phi) is 10.5. The SMILES string of the molecule is CCCCCCC=C[C@@H]1[C@H]2CC(=CCCC(=O)C(=O)OC)C[C@@H]2C[C@H]1OC1CCCCO1. The molecule has 0 N–H and O–H groups in total. The van der Waals surface area contributed by atoms with E-state index in [1.165, 1.54) is 44.8 Å². The van der Waals surface area contributed by atoms with E-state index in [9.17, 15) is 9.59 Å². The Hall–Kier alpha value is -1.46. The lowest BCUT2D eigenvalue weighted by Gasteiger charge is -2.29. The predicted octanol–water partition coefficient (Wildman–Crippen LogP) is 5.92. The molecule has 2 aliphatic carbocycles. The maximum Gasteiger partial charge on any atom is 0.374 e. The molecule has 1 heterocycles. The molecule has 3 rings (SSSR count). The van der Waals surface area contributed by atoms with Crippen molar-refractivity contribution in [3.05, 3.63) is 23.8 Å². The number of allylic oxidation sites excluding steroid dienone is 3. The number of unbranched alkanes of at least 4 members (excludes halogenated alkanes) is 4. The first-order chi connectivity index (χ1) is 15.6. The standard InChI is InChI=1S/C27H42O5/c1-3-4-5-6-7-8-13-22-23-18-20(12-11-14-24(28)27(29)30-2)17-21(23)19-25(22)32-26-15-9-10-16-31-26/h8,12-13,21-23,25-26H,3-7,9-11,14-19H2,1-2H3/t21-,22-,23+,25-,26?/m1/s1. The summed E-state index contributed by atoms with van der Waals surface area (Å²) >= 11 is 0. The molecular weight excluding hydrogens is 404 g/mol. The number of ether oxygens (including phenoxy) is 3. The number of hydrogen-bond acceptors (Lipinski definition) is 5. The Morgan fingerprint density at radius 1 is 1.12 bits per heavy atom. The Morgan fingerprint density at radius 3 is 2.75 bits per heavy atom. The monoisotopic (exact) mass is 446 g/mol. The summed E-state index contributed by atoms with van der Waals surface area (Å²) < 4.78 is 16.9. The van der Waals surface area contributed by atoms with Crippen molar-refractivity contribution in [1.29, 1.82) is 0 Å². The van der Waals surface area contributed by atoms with E-state index in [0.717, 1.165) is 45.1 Å². The molecule has 3 aliphatic rings. The maximum atomic E-state index is 11.7. The third-order valence-electron chi connectivity index (χ3n) is 7.35. The van der Waals surface area contributed by atoms with E-state index in [4.69, 9.17) is 9.47 Å². The number of Topliss-reactive ketones (excluding diaryl/α,β-unsaturated/α-hetero) is 1. The minimum absolute atomic E-state index is 0.0348. The van der Waals surface area contributed by atoms with Crippen molar-refractivity contribution in [2.75, 3.05) is 13.7 Å². The number of fused-ring (bicyclic) bond motifs is 1. The van der Waals surface area contributed by atoms with Crippen LogP contribution in [0.1, 0.15) is 90.4 Å². The molecule has 2 saturated carbocycles. The van der Waals surface area contributed by atoms with Crippen molar-refractivity contribution < 1.29 is 23.8 Å². The average molecular weight is 447 g/mol. The van der Waals surface area contributed by atoms with Gasteiger partial charge in [-0.3, -0.25) is 4.79 Å². The van der Waals surface area contributed by atoms with Crippen LogP contribution in [0.3, 0.4) is 0 Å². The van der Waals surface area contributed by atoms with Crippen molar-refractivity contribution in [3.8, 4) is 0 Å². The van der Waals surface area contributed by atoms with Crippen LogP contribution in [-0.4, -0.2) is 37.9 Å². The van der Waals surface area contributed by atoms with E-state index < -0.39 is 11.8 Å². The zero-order valence-electron chi connectivity index (χ0n) is 20.1. The van der Waals surface area contributed by atoms with Crippen LogP contribution < -0.4 is 0 Å². The maximum absolute atomic E-state index is 11.7. The van der Waals surface area contributed by atoms with Crippen molar-refractivity contribution in [1.82, 2.24) is 0 Å². The highest BCUT2D eigenvalue weighted by Crippen LogP contribution is 2.52. The van der Waals surface area contributed by atoms with Crippen LogP contribution in [0.2, 0.25) is 0 Å². The number of rotatable bonds is 12. The lowest BCUT2D eigenvalue weighted by molar-refractivity contribution is -0.193. The number of carbonyl (C=O) groups is 2. The summed E-state index contributed by atoms with van der Waals surface area (Å²) in [6.45, 7) is 3.07. The van der Waals surface area contributed by atoms with E-state index in [-0.39, 0.29) is 18.8 Å². The topological polar surface area (TPSA) is 61.8 Å². The molecule has 180 valence electrons. The Bertz CT molecular complexity index is 661. The Labute approximate surface area is 193 Å². The number of carbonyl (C=O) groups excluding carboxylic acids is 2. The molecule has 0 aromatic heterocycles. The number of hydrogen-bond donors (Lipinski definition) is 0. The molecule has 0 radical (unpaired) electrons. The van der Waals surface area contributed by atoms with E-state index in [2.05, 4.69) is 29.9 Å². The zero-order valence-corrected chi connectivity index (χ0v) is 20.1. The van der Waals surface area contributed by atoms with E-state index in [1.54, 1.807) is 0 Å². The fraction of sp³-hybridized carbons (Fsp3) is 0.778. The Balaban J connectivity index is 1.56. The Morgan fingerprint density at radius 2 is 2.00 bits per heavy atom. The largest absolute Gasteiger partial charge is 0.463 e. The third-order valence-corrected chi connectivity index (χ3v) is 7.35. The number of methoxy groups -OCH3 is 1. The first-order valence-corrected chi connectivity index (χ1v) is 12.8. The van der Waals surface area contributed by atoms with Crippen molar-refractivity contribution in [3.63, 3.8) is 0 Å². The molecular formula is C27H42O5. The van der Waals surface area contributed by atoms with Crippen LogP contribution in [0.5, 0.6) is 0 Å². The zero-order chi connectivity index (χ0) is 22.8. The molecule has 1 unspecified atom stereocenters. The normalized spacial score (nSPS) is 31.3. The second-order valence-corrected chi connectivity index (χ2v) is 9.71. The van der Waals surface area contributed by atoms with Crippen LogP contribution in [0.25, 0.3) is 0 Å². The molecule has 0 amide bonds. The first-order valence-electron chi connectivity index (χ1n) is 12.8. The van der Waals surface area contributed by atoms with Gasteiger partial charge in [-0.1, -0.05) is 50.0 Å². The predicted molar refractivity (Wildman–Crippen MR) is 125 cm³/mol. The molecule has 0 bridgehead atoms.